The maximum absolute atomic E-state index is 12.3. The Hall–Kier alpha value is -0.770. The molecule has 4 nitrogen and oxygen atoms in total. The standard InChI is InChI=1S/C15H25NO3/c1-9-12-7-10(8-13(12)18-11-5-6-11)16(9)14(17)19-15(2,3)4/h9-13H,5-8H2,1-4H3/t9-,10+,12+,13-/m0/s1. The van der Waals surface area contributed by atoms with Crippen molar-refractivity contribution in [3.63, 3.8) is 0 Å². The van der Waals surface area contributed by atoms with Crippen molar-refractivity contribution in [2.45, 2.75) is 83.3 Å². The molecule has 2 aliphatic carbocycles. The molecule has 1 saturated heterocycles. The highest BCUT2D eigenvalue weighted by molar-refractivity contribution is 5.69. The van der Waals surface area contributed by atoms with Crippen LogP contribution in [0, 0.1) is 5.92 Å². The Bertz CT molecular complexity index is 370. The molecule has 108 valence electrons. The molecule has 0 unspecified atom stereocenters. The number of likely N-dealkylation sites (tertiary alicyclic amines) is 1. The van der Waals surface area contributed by atoms with Gasteiger partial charge in [-0.3, -0.25) is 0 Å². The third kappa shape index (κ3) is 2.60. The van der Waals surface area contributed by atoms with E-state index in [1.165, 1.54) is 12.8 Å². The molecule has 0 aromatic rings. The monoisotopic (exact) mass is 267 g/mol. The maximum Gasteiger partial charge on any atom is 0.410 e. The van der Waals surface area contributed by atoms with Crippen LogP contribution in [0.5, 0.6) is 0 Å². The van der Waals surface area contributed by atoms with Crippen LogP contribution < -0.4 is 0 Å². The van der Waals surface area contributed by atoms with Crippen molar-refractivity contribution in [3.05, 3.63) is 0 Å². The third-order valence-corrected chi connectivity index (χ3v) is 4.47. The fourth-order valence-electron chi connectivity index (χ4n) is 3.52. The van der Waals surface area contributed by atoms with Crippen LogP contribution in [0.15, 0.2) is 0 Å². The van der Waals surface area contributed by atoms with Gasteiger partial charge in [0.05, 0.1) is 12.2 Å². The van der Waals surface area contributed by atoms with Gasteiger partial charge in [-0.15, -0.1) is 0 Å². The molecule has 0 aromatic carbocycles. The Morgan fingerprint density at radius 2 is 1.89 bits per heavy atom. The van der Waals surface area contributed by atoms with E-state index in [4.69, 9.17) is 9.47 Å². The Morgan fingerprint density at radius 3 is 2.42 bits per heavy atom. The second-order valence-corrected chi connectivity index (χ2v) is 7.29. The topological polar surface area (TPSA) is 38.8 Å². The van der Waals surface area contributed by atoms with E-state index in [0.717, 1.165) is 12.8 Å². The van der Waals surface area contributed by atoms with Gasteiger partial charge in [-0.05, 0) is 53.4 Å². The molecule has 3 rings (SSSR count). The van der Waals surface area contributed by atoms with Gasteiger partial charge < -0.3 is 14.4 Å². The number of hydrogen-bond donors (Lipinski definition) is 0. The number of amides is 1. The lowest BCUT2D eigenvalue weighted by molar-refractivity contribution is -0.0386. The number of hydrogen-bond acceptors (Lipinski definition) is 3. The number of ether oxygens (including phenoxy) is 2. The fraction of sp³-hybridized carbons (Fsp3) is 0.933. The largest absolute Gasteiger partial charge is 0.444 e. The van der Waals surface area contributed by atoms with Gasteiger partial charge in [-0.1, -0.05) is 0 Å². The normalized spacial score (nSPS) is 37.8. The zero-order chi connectivity index (χ0) is 13.8. The highest BCUT2D eigenvalue weighted by atomic mass is 16.6. The number of rotatable bonds is 2. The second-order valence-electron chi connectivity index (χ2n) is 7.29. The quantitative estimate of drug-likeness (QED) is 0.772. The molecule has 3 fully saturated rings. The molecule has 4 atom stereocenters. The van der Waals surface area contributed by atoms with Gasteiger partial charge in [-0.2, -0.15) is 0 Å². The van der Waals surface area contributed by atoms with Gasteiger partial charge >= 0.3 is 6.09 Å². The van der Waals surface area contributed by atoms with Crippen molar-refractivity contribution < 1.29 is 14.3 Å². The molecule has 4 heteroatoms. The minimum Gasteiger partial charge on any atom is -0.444 e. The minimum atomic E-state index is -0.414. The molecule has 0 N–H and O–H groups in total. The van der Waals surface area contributed by atoms with Gasteiger partial charge in [0.2, 0.25) is 0 Å². The van der Waals surface area contributed by atoms with Crippen LogP contribution in [0.1, 0.15) is 53.4 Å². The summed E-state index contributed by atoms with van der Waals surface area (Å²) in [5, 5.41) is 0. The van der Waals surface area contributed by atoms with Gasteiger partial charge in [0.25, 0.3) is 0 Å². The van der Waals surface area contributed by atoms with Crippen LogP contribution in [0.2, 0.25) is 0 Å². The summed E-state index contributed by atoms with van der Waals surface area (Å²) in [4.78, 5) is 14.2. The Balaban J connectivity index is 1.62. The summed E-state index contributed by atoms with van der Waals surface area (Å²) in [7, 11) is 0. The molecular formula is C15H25NO3. The number of fused-ring (bicyclic) bond motifs is 2. The van der Waals surface area contributed by atoms with Crippen LogP contribution in [-0.2, 0) is 9.47 Å². The summed E-state index contributed by atoms with van der Waals surface area (Å²) in [5.74, 6) is 0.498. The Morgan fingerprint density at radius 1 is 1.21 bits per heavy atom. The van der Waals surface area contributed by atoms with E-state index in [1.54, 1.807) is 0 Å². The molecule has 2 bridgehead atoms. The number of nitrogens with zero attached hydrogens (tertiary/aromatic N) is 1. The lowest BCUT2D eigenvalue weighted by Gasteiger charge is -2.37. The minimum absolute atomic E-state index is 0.155. The van der Waals surface area contributed by atoms with E-state index in [9.17, 15) is 4.79 Å². The van der Waals surface area contributed by atoms with Crippen LogP contribution >= 0.6 is 0 Å². The average Bonchev–Trinajstić information content (AvgIpc) is 2.87. The lowest BCUT2D eigenvalue weighted by Crippen LogP contribution is -2.49. The Kier molecular flexibility index (Phi) is 3.04. The SMILES string of the molecule is C[C@H]1[C@H]2C[C@H](C[C@@H]2OC2CC2)N1C(=O)OC(C)(C)C. The second kappa shape index (κ2) is 4.37. The van der Waals surface area contributed by atoms with E-state index in [-0.39, 0.29) is 12.1 Å². The summed E-state index contributed by atoms with van der Waals surface area (Å²) in [6, 6.07) is 0.566. The molecule has 1 amide bonds. The van der Waals surface area contributed by atoms with Crippen LogP contribution in [-0.4, -0.2) is 40.9 Å². The highest BCUT2D eigenvalue weighted by Gasteiger charge is 2.53. The Labute approximate surface area is 115 Å². The molecule has 2 saturated carbocycles. The van der Waals surface area contributed by atoms with Crippen molar-refractivity contribution in [2.24, 2.45) is 5.92 Å². The average molecular weight is 267 g/mol. The first-order valence-electron chi connectivity index (χ1n) is 7.52. The summed E-state index contributed by atoms with van der Waals surface area (Å²) >= 11 is 0. The highest BCUT2D eigenvalue weighted by Crippen LogP contribution is 2.46. The summed E-state index contributed by atoms with van der Waals surface area (Å²) in [6.07, 6.45) is 5.23. The van der Waals surface area contributed by atoms with E-state index in [2.05, 4.69) is 6.92 Å². The molecule has 1 aliphatic heterocycles. The van der Waals surface area contributed by atoms with E-state index >= 15 is 0 Å². The first-order valence-corrected chi connectivity index (χ1v) is 7.52. The van der Waals surface area contributed by atoms with E-state index in [1.807, 2.05) is 25.7 Å². The van der Waals surface area contributed by atoms with Gasteiger partial charge in [-0.25, -0.2) is 4.79 Å². The van der Waals surface area contributed by atoms with Crippen molar-refractivity contribution in [3.8, 4) is 0 Å². The van der Waals surface area contributed by atoms with Crippen molar-refractivity contribution >= 4 is 6.09 Å². The van der Waals surface area contributed by atoms with Crippen LogP contribution in [0.25, 0.3) is 0 Å². The zero-order valence-corrected chi connectivity index (χ0v) is 12.4. The summed E-state index contributed by atoms with van der Waals surface area (Å²) in [6.45, 7) is 7.89. The number of carbonyl (C=O) groups excluding carboxylic acids is 1. The molecule has 3 aliphatic rings. The van der Waals surface area contributed by atoms with Crippen molar-refractivity contribution in [1.82, 2.24) is 4.90 Å². The predicted molar refractivity (Wildman–Crippen MR) is 71.9 cm³/mol. The lowest BCUT2D eigenvalue weighted by atomic mass is 9.97. The van der Waals surface area contributed by atoms with Crippen molar-refractivity contribution in [1.29, 1.82) is 0 Å². The predicted octanol–water partition coefficient (Wildman–Crippen LogP) is 2.95. The summed E-state index contributed by atoms with van der Waals surface area (Å²) in [5.41, 5.74) is -0.414. The molecule has 0 spiro atoms. The maximum atomic E-state index is 12.3. The molecule has 1 heterocycles. The molecule has 19 heavy (non-hydrogen) atoms. The number of piperidine rings is 1. The van der Waals surface area contributed by atoms with Crippen LogP contribution in [0.4, 0.5) is 4.79 Å². The van der Waals surface area contributed by atoms with Crippen molar-refractivity contribution in [2.75, 3.05) is 0 Å². The first kappa shape index (κ1) is 13.2. The van der Waals surface area contributed by atoms with Gasteiger partial charge in [0, 0.05) is 18.0 Å². The van der Waals surface area contributed by atoms with Gasteiger partial charge in [0.15, 0.2) is 0 Å². The first-order chi connectivity index (χ1) is 8.85. The van der Waals surface area contributed by atoms with Crippen LogP contribution in [0.3, 0.4) is 0 Å². The van der Waals surface area contributed by atoms with E-state index in [0.29, 0.717) is 24.2 Å². The summed E-state index contributed by atoms with van der Waals surface area (Å²) < 4.78 is 11.6. The van der Waals surface area contributed by atoms with E-state index < -0.39 is 5.60 Å². The smallest absolute Gasteiger partial charge is 0.410 e. The zero-order valence-electron chi connectivity index (χ0n) is 12.4. The molecule has 0 radical (unpaired) electrons. The molecule has 0 aromatic heterocycles. The fourth-order valence-corrected chi connectivity index (χ4v) is 3.52. The third-order valence-electron chi connectivity index (χ3n) is 4.47. The van der Waals surface area contributed by atoms with Gasteiger partial charge in [0.1, 0.15) is 5.60 Å². The molecular weight excluding hydrogens is 242 g/mol. The number of carbonyl (C=O) groups is 1.